The maximum absolute atomic E-state index is 14.8. The molecular formula is C26H18F2O5. The first-order chi connectivity index (χ1) is 15.9. The van der Waals surface area contributed by atoms with Gasteiger partial charge in [-0.1, -0.05) is 43.5 Å². The van der Waals surface area contributed by atoms with Crippen molar-refractivity contribution in [1.29, 1.82) is 0 Å². The summed E-state index contributed by atoms with van der Waals surface area (Å²) in [4.78, 5) is 22.2. The SMILES string of the molecule is C=CC(=O)OC=COc1ccc(-c2ccc(-c3ccc(OC(=O)C=C)c(F)c3)c(F)c2)cc1. The minimum atomic E-state index is -0.796. The Morgan fingerprint density at radius 1 is 0.727 bits per heavy atom. The Balaban J connectivity index is 1.73. The van der Waals surface area contributed by atoms with Gasteiger partial charge >= 0.3 is 11.9 Å². The largest absolute Gasteiger partial charge is 0.462 e. The Kier molecular flexibility index (Phi) is 7.49. The van der Waals surface area contributed by atoms with Gasteiger partial charge in [0.25, 0.3) is 0 Å². The summed E-state index contributed by atoms with van der Waals surface area (Å²) in [5, 5.41) is 0. The molecule has 0 aliphatic rings. The van der Waals surface area contributed by atoms with Crippen LogP contribution in [0.25, 0.3) is 22.3 Å². The standard InChI is InChI=1S/C26H18F2O5/c1-3-25(29)32-14-13-31-20-9-5-17(6-10-20)18-7-11-21(22(27)15-18)19-8-12-24(23(28)16-19)33-26(30)4-2/h3-16H,1-2H2. The van der Waals surface area contributed by atoms with E-state index in [-0.39, 0.29) is 11.3 Å². The third-order valence-corrected chi connectivity index (χ3v) is 4.39. The molecule has 0 aliphatic carbocycles. The van der Waals surface area contributed by atoms with E-state index in [0.717, 1.165) is 30.0 Å². The highest BCUT2D eigenvalue weighted by molar-refractivity contribution is 5.83. The van der Waals surface area contributed by atoms with Gasteiger partial charge in [0.2, 0.25) is 0 Å². The molecule has 7 heteroatoms. The number of hydrogen-bond donors (Lipinski definition) is 0. The predicted molar refractivity (Wildman–Crippen MR) is 119 cm³/mol. The van der Waals surface area contributed by atoms with Crippen molar-refractivity contribution in [3.05, 3.63) is 110 Å². The van der Waals surface area contributed by atoms with Crippen molar-refractivity contribution < 1.29 is 32.6 Å². The van der Waals surface area contributed by atoms with Crippen molar-refractivity contribution in [2.45, 2.75) is 0 Å². The lowest BCUT2D eigenvalue weighted by atomic mass is 9.99. The minimum Gasteiger partial charge on any atom is -0.462 e. The Morgan fingerprint density at radius 2 is 1.36 bits per heavy atom. The van der Waals surface area contributed by atoms with Crippen molar-refractivity contribution in [3.8, 4) is 33.8 Å². The van der Waals surface area contributed by atoms with Gasteiger partial charge in [0.1, 0.15) is 24.1 Å². The Hall–Kier alpha value is -4.52. The molecule has 166 valence electrons. The molecule has 3 aromatic rings. The van der Waals surface area contributed by atoms with E-state index in [4.69, 9.17) is 9.47 Å². The van der Waals surface area contributed by atoms with Crippen molar-refractivity contribution in [2.24, 2.45) is 0 Å². The highest BCUT2D eigenvalue weighted by Gasteiger charge is 2.12. The van der Waals surface area contributed by atoms with E-state index in [1.54, 1.807) is 30.3 Å². The molecule has 0 saturated heterocycles. The third-order valence-electron chi connectivity index (χ3n) is 4.39. The summed E-state index contributed by atoms with van der Waals surface area (Å²) >= 11 is 0. The van der Waals surface area contributed by atoms with Crippen LogP contribution in [-0.2, 0) is 14.3 Å². The van der Waals surface area contributed by atoms with Gasteiger partial charge in [-0.15, -0.1) is 0 Å². The highest BCUT2D eigenvalue weighted by Crippen LogP contribution is 2.31. The van der Waals surface area contributed by atoms with Gasteiger partial charge in [-0.05, 0) is 47.0 Å². The Bertz CT molecular complexity index is 1230. The minimum absolute atomic E-state index is 0.193. The fourth-order valence-corrected chi connectivity index (χ4v) is 2.81. The summed E-state index contributed by atoms with van der Waals surface area (Å²) in [7, 11) is 0. The van der Waals surface area contributed by atoms with E-state index >= 15 is 0 Å². The highest BCUT2D eigenvalue weighted by atomic mass is 19.1. The van der Waals surface area contributed by atoms with Gasteiger partial charge < -0.3 is 14.2 Å². The smallest absolute Gasteiger partial charge is 0.335 e. The lowest BCUT2D eigenvalue weighted by molar-refractivity contribution is -0.132. The van der Waals surface area contributed by atoms with Gasteiger partial charge in [0, 0.05) is 17.7 Å². The zero-order valence-electron chi connectivity index (χ0n) is 17.3. The molecule has 0 aromatic heterocycles. The molecule has 0 unspecified atom stereocenters. The number of esters is 2. The second kappa shape index (κ2) is 10.7. The molecule has 0 aliphatic heterocycles. The number of carbonyl (C=O) groups excluding carboxylic acids is 2. The maximum atomic E-state index is 14.8. The van der Waals surface area contributed by atoms with E-state index in [9.17, 15) is 18.4 Å². The molecular weight excluding hydrogens is 430 g/mol. The first kappa shape index (κ1) is 23.1. The van der Waals surface area contributed by atoms with Crippen LogP contribution >= 0.6 is 0 Å². The molecule has 0 N–H and O–H groups in total. The summed E-state index contributed by atoms with van der Waals surface area (Å²) in [6.45, 7) is 6.52. The molecule has 5 nitrogen and oxygen atoms in total. The molecule has 0 heterocycles. The lowest BCUT2D eigenvalue weighted by Crippen LogP contribution is -2.04. The zero-order chi connectivity index (χ0) is 23.8. The van der Waals surface area contributed by atoms with E-state index in [1.807, 2.05) is 0 Å². The number of halogens is 2. The van der Waals surface area contributed by atoms with Crippen molar-refractivity contribution >= 4 is 11.9 Å². The third kappa shape index (κ3) is 6.01. The topological polar surface area (TPSA) is 61.8 Å². The van der Waals surface area contributed by atoms with E-state index in [1.165, 1.54) is 30.5 Å². The van der Waals surface area contributed by atoms with Crippen LogP contribution in [0.3, 0.4) is 0 Å². The molecule has 3 rings (SSSR count). The van der Waals surface area contributed by atoms with Gasteiger partial charge in [0.05, 0.1) is 0 Å². The van der Waals surface area contributed by atoms with Crippen LogP contribution in [0.1, 0.15) is 0 Å². The predicted octanol–water partition coefficient (Wildman–Crippen LogP) is 5.97. The summed E-state index contributed by atoms with van der Waals surface area (Å²) in [6.07, 6.45) is 4.23. The molecule has 33 heavy (non-hydrogen) atoms. The van der Waals surface area contributed by atoms with Crippen LogP contribution in [0, 0.1) is 11.6 Å². The second-order valence-corrected chi connectivity index (χ2v) is 6.52. The van der Waals surface area contributed by atoms with E-state index in [2.05, 4.69) is 17.9 Å². The number of hydrogen-bond acceptors (Lipinski definition) is 5. The van der Waals surface area contributed by atoms with Gasteiger partial charge in [-0.25, -0.2) is 18.4 Å². The summed E-state index contributed by atoms with van der Waals surface area (Å²) in [5.74, 6) is -2.53. The van der Waals surface area contributed by atoms with Gasteiger partial charge in [-0.3, -0.25) is 0 Å². The number of benzene rings is 3. The van der Waals surface area contributed by atoms with Crippen LogP contribution in [0.15, 0.2) is 98.5 Å². The number of carbonyl (C=O) groups is 2. The molecule has 3 aromatic carbocycles. The van der Waals surface area contributed by atoms with Crippen molar-refractivity contribution in [2.75, 3.05) is 0 Å². The normalized spacial score (nSPS) is 10.5. The molecule has 0 saturated carbocycles. The average molecular weight is 448 g/mol. The van der Waals surface area contributed by atoms with Crippen molar-refractivity contribution in [3.63, 3.8) is 0 Å². The van der Waals surface area contributed by atoms with Crippen LogP contribution in [-0.4, -0.2) is 11.9 Å². The van der Waals surface area contributed by atoms with Crippen LogP contribution in [0.2, 0.25) is 0 Å². The van der Waals surface area contributed by atoms with E-state index < -0.39 is 23.6 Å². The second-order valence-electron chi connectivity index (χ2n) is 6.52. The zero-order valence-corrected chi connectivity index (χ0v) is 17.3. The Labute approximate surface area is 188 Å². The summed E-state index contributed by atoms with van der Waals surface area (Å²) in [5.41, 5.74) is 1.82. The van der Waals surface area contributed by atoms with E-state index in [0.29, 0.717) is 16.9 Å². The van der Waals surface area contributed by atoms with Crippen LogP contribution in [0.5, 0.6) is 11.5 Å². The quantitative estimate of drug-likeness (QED) is 0.184. The monoisotopic (exact) mass is 448 g/mol. The molecule has 0 amide bonds. The summed E-state index contributed by atoms with van der Waals surface area (Å²) < 4.78 is 43.8. The lowest BCUT2D eigenvalue weighted by Gasteiger charge is -2.09. The first-order valence-corrected chi connectivity index (χ1v) is 9.60. The molecule has 0 fully saturated rings. The first-order valence-electron chi connectivity index (χ1n) is 9.60. The maximum Gasteiger partial charge on any atom is 0.335 e. The fourth-order valence-electron chi connectivity index (χ4n) is 2.81. The molecule has 0 spiro atoms. The van der Waals surface area contributed by atoms with Crippen molar-refractivity contribution in [1.82, 2.24) is 0 Å². The van der Waals surface area contributed by atoms with Gasteiger partial charge in [-0.2, -0.15) is 0 Å². The number of ether oxygens (including phenoxy) is 3. The summed E-state index contributed by atoms with van der Waals surface area (Å²) in [6, 6.07) is 15.2. The van der Waals surface area contributed by atoms with Crippen LogP contribution in [0.4, 0.5) is 8.78 Å². The van der Waals surface area contributed by atoms with Crippen LogP contribution < -0.4 is 9.47 Å². The number of rotatable bonds is 8. The molecule has 0 radical (unpaired) electrons. The fraction of sp³-hybridized carbons (Fsp3) is 0. The molecule has 0 bridgehead atoms. The average Bonchev–Trinajstić information content (AvgIpc) is 2.83. The van der Waals surface area contributed by atoms with Gasteiger partial charge in [0.15, 0.2) is 11.6 Å². The molecule has 0 atom stereocenters. The Morgan fingerprint density at radius 3 is 2.00 bits per heavy atom.